The predicted molar refractivity (Wildman–Crippen MR) is 136 cm³/mol. The molecule has 2 heterocycles. The average Bonchev–Trinajstić information content (AvgIpc) is 3.30. The molecule has 190 valence electrons. The fourth-order valence-corrected chi connectivity index (χ4v) is 4.32. The van der Waals surface area contributed by atoms with Crippen molar-refractivity contribution in [3.63, 3.8) is 0 Å². The van der Waals surface area contributed by atoms with Crippen LogP contribution in [-0.2, 0) is 5.41 Å². The highest BCUT2D eigenvalue weighted by molar-refractivity contribution is 5.65. The number of hydrogen-bond acceptors (Lipinski definition) is 7. The van der Waals surface area contributed by atoms with Gasteiger partial charge in [0.2, 0.25) is 17.6 Å². The zero-order valence-electron chi connectivity index (χ0n) is 20.8. The van der Waals surface area contributed by atoms with Gasteiger partial charge in [-0.15, -0.1) is 0 Å². The van der Waals surface area contributed by atoms with Crippen LogP contribution in [0, 0.1) is 6.92 Å². The highest BCUT2D eigenvalue weighted by Gasteiger charge is 2.32. The molecule has 0 spiro atoms. The predicted octanol–water partition coefficient (Wildman–Crippen LogP) is 5.74. The minimum absolute atomic E-state index is 0.0258. The summed E-state index contributed by atoms with van der Waals surface area (Å²) in [5, 5.41) is 15.2. The molecule has 2 aromatic heterocycles. The first-order valence-corrected chi connectivity index (χ1v) is 12.1. The first kappa shape index (κ1) is 24.3. The third-order valence-electron chi connectivity index (χ3n) is 6.58. The number of carbonyl (C=O) groups is 1. The first-order valence-electron chi connectivity index (χ1n) is 12.1. The molecule has 9 nitrogen and oxygen atoms in total. The van der Waals surface area contributed by atoms with Crippen molar-refractivity contribution in [1.82, 2.24) is 20.4 Å². The van der Waals surface area contributed by atoms with E-state index < -0.39 is 6.09 Å². The van der Waals surface area contributed by atoms with Crippen molar-refractivity contribution in [3.05, 3.63) is 83.7 Å². The number of rotatable bonds is 8. The molecule has 0 radical (unpaired) electrons. The number of hydrogen-bond donors (Lipinski definition) is 2. The molecule has 5 rings (SSSR count). The molecule has 0 saturated heterocycles. The van der Waals surface area contributed by atoms with E-state index in [1.807, 2.05) is 30.3 Å². The van der Waals surface area contributed by atoms with Crippen molar-refractivity contribution < 1.29 is 23.9 Å². The molecule has 1 saturated carbocycles. The SMILES string of the molecule is Cc1nc(-c2cccc(Oc3ccc(C(C)(C)c4ccc(OC5CC(NC(=O)O)C5)cc4)cc3)n2)no1. The van der Waals surface area contributed by atoms with Crippen LogP contribution in [0.25, 0.3) is 11.5 Å². The minimum Gasteiger partial charge on any atom is -0.490 e. The summed E-state index contributed by atoms with van der Waals surface area (Å²) in [6, 6.07) is 21.4. The molecule has 1 aliphatic rings. The molecular weight excluding hydrogens is 472 g/mol. The lowest BCUT2D eigenvalue weighted by molar-refractivity contribution is 0.0833. The van der Waals surface area contributed by atoms with Gasteiger partial charge in [0, 0.05) is 37.3 Å². The standard InChI is InChI=1S/C28H28N4O5/c1-17-29-26(32-37-17)24-5-4-6-25(31-24)36-22-13-9-19(10-14-22)28(2,3)18-7-11-21(12-8-18)35-23-15-20(16-23)30-27(33)34/h4-14,20,23,30H,15-16H2,1-3H3,(H,33,34). The molecule has 1 aliphatic carbocycles. The van der Waals surface area contributed by atoms with Gasteiger partial charge in [-0.25, -0.2) is 9.78 Å². The van der Waals surface area contributed by atoms with E-state index in [4.69, 9.17) is 19.1 Å². The monoisotopic (exact) mass is 500 g/mol. The summed E-state index contributed by atoms with van der Waals surface area (Å²) in [4.78, 5) is 19.4. The van der Waals surface area contributed by atoms with E-state index in [0.29, 0.717) is 41.9 Å². The molecule has 2 N–H and O–H groups in total. The highest BCUT2D eigenvalue weighted by Crippen LogP contribution is 2.35. The molecule has 9 heteroatoms. The lowest BCUT2D eigenvalue weighted by atomic mass is 9.78. The van der Waals surface area contributed by atoms with E-state index >= 15 is 0 Å². The Hall–Kier alpha value is -4.40. The van der Waals surface area contributed by atoms with E-state index in [0.717, 1.165) is 16.9 Å². The van der Waals surface area contributed by atoms with Crippen LogP contribution >= 0.6 is 0 Å². The van der Waals surface area contributed by atoms with Gasteiger partial charge in [0.15, 0.2) is 0 Å². The van der Waals surface area contributed by atoms with Crippen LogP contribution in [0.3, 0.4) is 0 Å². The van der Waals surface area contributed by atoms with Gasteiger partial charge in [0.25, 0.3) is 0 Å². The van der Waals surface area contributed by atoms with E-state index in [-0.39, 0.29) is 17.6 Å². The van der Waals surface area contributed by atoms with Crippen LogP contribution in [0.4, 0.5) is 4.79 Å². The van der Waals surface area contributed by atoms with Crippen molar-refractivity contribution in [2.45, 2.75) is 51.2 Å². The smallest absolute Gasteiger partial charge is 0.404 e. The third-order valence-corrected chi connectivity index (χ3v) is 6.58. The summed E-state index contributed by atoms with van der Waals surface area (Å²) in [7, 11) is 0. The number of aryl methyl sites for hydroxylation is 1. The van der Waals surface area contributed by atoms with E-state index in [1.165, 1.54) is 0 Å². The van der Waals surface area contributed by atoms with Crippen molar-refractivity contribution in [3.8, 4) is 28.9 Å². The van der Waals surface area contributed by atoms with Gasteiger partial charge in [0.05, 0.1) is 0 Å². The maximum Gasteiger partial charge on any atom is 0.404 e. The molecule has 2 aromatic carbocycles. The Morgan fingerprint density at radius 2 is 1.62 bits per heavy atom. The summed E-state index contributed by atoms with van der Waals surface area (Å²) >= 11 is 0. The second-order valence-corrected chi connectivity index (χ2v) is 9.63. The normalized spacial score (nSPS) is 17.1. The van der Waals surface area contributed by atoms with Crippen molar-refractivity contribution in [1.29, 1.82) is 0 Å². The highest BCUT2D eigenvalue weighted by atomic mass is 16.5. The lowest BCUT2D eigenvalue weighted by Gasteiger charge is -2.35. The van der Waals surface area contributed by atoms with Gasteiger partial charge < -0.3 is 24.4 Å². The van der Waals surface area contributed by atoms with Gasteiger partial charge in [-0.05, 0) is 41.5 Å². The zero-order chi connectivity index (χ0) is 26.0. The Morgan fingerprint density at radius 3 is 2.22 bits per heavy atom. The number of carboxylic acid groups (broad SMARTS) is 1. The van der Waals surface area contributed by atoms with Crippen molar-refractivity contribution in [2.24, 2.45) is 0 Å². The van der Waals surface area contributed by atoms with Gasteiger partial charge in [-0.1, -0.05) is 49.3 Å². The summed E-state index contributed by atoms with van der Waals surface area (Å²) < 4.78 is 17.0. The molecule has 37 heavy (non-hydrogen) atoms. The Balaban J connectivity index is 1.21. The molecule has 0 unspecified atom stereocenters. The fourth-order valence-electron chi connectivity index (χ4n) is 4.32. The van der Waals surface area contributed by atoms with Crippen LogP contribution in [0.2, 0.25) is 0 Å². The lowest BCUT2D eigenvalue weighted by Crippen LogP contribution is -2.48. The van der Waals surface area contributed by atoms with Gasteiger partial charge in [-0.2, -0.15) is 4.98 Å². The quantitative estimate of drug-likeness (QED) is 0.314. The van der Waals surface area contributed by atoms with Gasteiger partial charge in [0.1, 0.15) is 23.3 Å². The number of ether oxygens (including phenoxy) is 2. The second-order valence-electron chi connectivity index (χ2n) is 9.63. The summed E-state index contributed by atoms with van der Waals surface area (Å²) in [6.07, 6.45) is 0.417. The van der Waals surface area contributed by atoms with Crippen LogP contribution < -0.4 is 14.8 Å². The Morgan fingerprint density at radius 1 is 0.973 bits per heavy atom. The van der Waals surface area contributed by atoms with Crippen molar-refractivity contribution >= 4 is 6.09 Å². The first-order chi connectivity index (χ1) is 17.8. The summed E-state index contributed by atoms with van der Waals surface area (Å²) in [5.41, 5.74) is 2.63. The van der Waals surface area contributed by atoms with Crippen LogP contribution in [0.15, 0.2) is 71.3 Å². The minimum atomic E-state index is -0.990. The van der Waals surface area contributed by atoms with Crippen molar-refractivity contribution in [2.75, 3.05) is 0 Å². The van der Waals surface area contributed by atoms with E-state index in [9.17, 15) is 4.79 Å². The number of aromatic nitrogens is 3. The van der Waals surface area contributed by atoms with Crippen LogP contribution in [0.1, 0.15) is 43.7 Å². The number of pyridine rings is 1. The molecule has 0 aliphatic heterocycles. The summed E-state index contributed by atoms with van der Waals surface area (Å²) in [5.74, 6) is 2.80. The second kappa shape index (κ2) is 9.93. The molecule has 4 aromatic rings. The Bertz CT molecular complexity index is 1380. The largest absolute Gasteiger partial charge is 0.490 e. The number of nitrogens with zero attached hydrogens (tertiary/aromatic N) is 3. The van der Waals surface area contributed by atoms with Gasteiger partial charge in [-0.3, -0.25) is 0 Å². The van der Waals surface area contributed by atoms with Crippen LogP contribution in [-0.4, -0.2) is 38.5 Å². The fraction of sp³-hybridized carbons (Fsp3) is 0.286. The molecular formula is C28H28N4O5. The molecule has 1 fully saturated rings. The number of amides is 1. The Labute approximate surface area is 214 Å². The number of benzene rings is 2. The van der Waals surface area contributed by atoms with E-state index in [1.54, 1.807) is 19.1 Å². The Kier molecular flexibility index (Phi) is 6.52. The maximum absolute atomic E-state index is 10.7. The average molecular weight is 501 g/mol. The number of nitrogens with one attached hydrogen (secondary N) is 1. The maximum atomic E-state index is 10.7. The zero-order valence-corrected chi connectivity index (χ0v) is 20.8. The van der Waals surface area contributed by atoms with Crippen LogP contribution in [0.5, 0.6) is 17.4 Å². The third kappa shape index (κ3) is 5.55. The molecule has 1 amide bonds. The van der Waals surface area contributed by atoms with E-state index in [2.05, 4.69) is 58.6 Å². The topological polar surface area (TPSA) is 120 Å². The molecule has 0 bridgehead atoms. The summed E-state index contributed by atoms with van der Waals surface area (Å²) in [6.45, 7) is 6.07. The van der Waals surface area contributed by atoms with Gasteiger partial charge >= 0.3 is 6.09 Å². The molecule has 0 atom stereocenters.